The molecular formula is C20H27N3OS. The number of likely N-dealkylation sites (tertiary alicyclic amines) is 1. The van der Waals surface area contributed by atoms with Crippen molar-refractivity contribution < 1.29 is 4.79 Å². The van der Waals surface area contributed by atoms with Gasteiger partial charge < -0.3 is 9.47 Å². The number of carbonyl (C=O) groups excluding carboxylic acids is 1. The van der Waals surface area contributed by atoms with Crippen LogP contribution in [0.15, 0.2) is 29.9 Å². The Labute approximate surface area is 153 Å². The number of amides is 1. The van der Waals surface area contributed by atoms with Crippen molar-refractivity contribution in [1.29, 1.82) is 0 Å². The van der Waals surface area contributed by atoms with Crippen molar-refractivity contribution in [3.05, 3.63) is 40.6 Å². The van der Waals surface area contributed by atoms with Gasteiger partial charge in [0.15, 0.2) is 0 Å². The van der Waals surface area contributed by atoms with E-state index in [0.29, 0.717) is 18.2 Å². The summed E-state index contributed by atoms with van der Waals surface area (Å²) in [4.78, 5) is 20.7. The summed E-state index contributed by atoms with van der Waals surface area (Å²) in [5, 5.41) is 2.11. The highest BCUT2D eigenvalue weighted by molar-refractivity contribution is 7.09. The van der Waals surface area contributed by atoms with Crippen molar-refractivity contribution in [1.82, 2.24) is 14.5 Å². The van der Waals surface area contributed by atoms with Gasteiger partial charge >= 0.3 is 0 Å². The zero-order chi connectivity index (χ0) is 17.1. The van der Waals surface area contributed by atoms with Gasteiger partial charge in [-0.25, -0.2) is 4.98 Å². The summed E-state index contributed by atoms with van der Waals surface area (Å²) in [6.07, 6.45) is 11.7. The maximum atomic E-state index is 12.6. The second-order valence-corrected chi connectivity index (χ2v) is 8.53. The van der Waals surface area contributed by atoms with Crippen LogP contribution in [0.1, 0.15) is 55.1 Å². The summed E-state index contributed by atoms with van der Waals surface area (Å²) in [7, 11) is 0. The molecule has 2 fully saturated rings. The van der Waals surface area contributed by atoms with Gasteiger partial charge in [0.05, 0.1) is 0 Å². The van der Waals surface area contributed by atoms with Gasteiger partial charge in [-0.15, -0.1) is 11.3 Å². The summed E-state index contributed by atoms with van der Waals surface area (Å²) in [6, 6.07) is 4.24. The fraction of sp³-hybridized carbons (Fsp3) is 0.600. The first-order valence-electron chi connectivity index (χ1n) is 9.61. The Morgan fingerprint density at radius 2 is 2.24 bits per heavy atom. The van der Waals surface area contributed by atoms with E-state index in [1.165, 1.54) is 23.5 Å². The minimum atomic E-state index is 0.321. The third-order valence-electron chi connectivity index (χ3n) is 5.43. The lowest BCUT2D eigenvalue weighted by Crippen LogP contribution is -2.39. The molecule has 25 heavy (non-hydrogen) atoms. The average molecular weight is 358 g/mol. The number of imidazole rings is 1. The van der Waals surface area contributed by atoms with Crippen LogP contribution in [0.25, 0.3) is 0 Å². The molecule has 0 spiro atoms. The summed E-state index contributed by atoms with van der Waals surface area (Å²) >= 11 is 1.78. The van der Waals surface area contributed by atoms with E-state index < -0.39 is 0 Å². The van der Waals surface area contributed by atoms with Gasteiger partial charge in [-0.3, -0.25) is 4.79 Å². The first kappa shape index (κ1) is 16.8. The van der Waals surface area contributed by atoms with Gasteiger partial charge in [0.25, 0.3) is 0 Å². The SMILES string of the molecule is O=C(CCCc1cccs1)N1CCC[C@H](c2nccn2CC2CC2)C1. The molecule has 0 radical (unpaired) electrons. The van der Waals surface area contributed by atoms with Crippen LogP contribution in [-0.2, 0) is 17.8 Å². The van der Waals surface area contributed by atoms with Crippen LogP contribution < -0.4 is 0 Å². The zero-order valence-corrected chi connectivity index (χ0v) is 15.6. The molecule has 1 amide bonds. The molecule has 4 nitrogen and oxygen atoms in total. The van der Waals surface area contributed by atoms with Crippen LogP contribution in [0.5, 0.6) is 0 Å². The second-order valence-electron chi connectivity index (χ2n) is 7.49. The van der Waals surface area contributed by atoms with E-state index in [1.807, 2.05) is 6.20 Å². The Morgan fingerprint density at radius 3 is 3.04 bits per heavy atom. The number of hydrogen-bond donors (Lipinski definition) is 0. The largest absolute Gasteiger partial charge is 0.342 e. The van der Waals surface area contributed by atoms with Gasteiger partial charge in [0.2, 0.25) is 5.91 Å². The van der Waals surface area contributed by atoms with E-state index in [2.05, 4.69) is 38.2 Å². The number of hydrogen-bond acceptors (Lipinski definition) is 3. The van der Waals surface area contributed by atoms with E-state index in [-0.39, 0.29) is 0 Å². The van der Waals surface area contributed by atoms with E-state index >= 15 is 0 Å². The van der Waals surface area contributed by atoms with Gasteiger partial charge in [-0.05, 0) is 55.9 Å². The molecule has 1 saturated carbocycles. The molecule has 1 saturated heterocycles. The van der Waals surface area contributed by atoms with Gasteiger partial charge in [0.1, 0.15) is 5.82 Å². The summed E-state index contributed by atoms with van der Waals surface area (Å²) in [5.74, 6) is 2.78. The first-order valence-corrected chi connectivity index (χ1v) is 10.5. The molecule has 4 rings (SSSR count). The number of nitrogens with zero attached hydrogens (tertiary/aromatic N) is 3. The lowest BCUT2D eigenvalue weighted by Gasteiger charge is -2.33. The molecule has 2 aliphatic rings. The van der Waals surface area contributed by atoms with Crippen LogP contribution in [0.3, 0.4) is 0 Å². The van der Waals surface area contributed by atoms with Gasteiger partial charge in [-0.1, -0.05) is 6.07 Å². The van der Waals surface area contributed by atoms with Crippen molar-refractivity contribution in [2.24, 2.45) is 5.92 Å². The molecule has 0 aromatic carbocycles. The Bertz CT molecular complexity index is 690. The molecule has 5 heteroatoms. The van der Waals surface area contributed by atoms with Crippen LogP contribution in [0, 0.1) is 5.92 Å². The molecule has 2 aromatic heterocycles. The topological polar surface area (TPSA) is 38.1 Å². The van der Waals surface area contributed by atoms with E-state index in [9.17, 15) is 4.79 Å². The molecule has 0 bridgehead atoms. The minimum absolute atomic E-state index is 0.321. The van der Waals surface area contributed by atoms with Crippen molar-refractivity contribution in [3.8, 4) is 0 Å². The Balaban J connectivity index is 1.31. The number of thiophene rings is 1. The predicted octanol–water partition coefficient (Wildman–Crippen LogP) is 4.08. The Kier molecular flexibility index (Phi) is 5.20. The summed E-state index contributed by atoms with van der Waals surface area (Å²) in [5.41, 5.74) is 0. The predicted molar refractivity (Wildman–Crippen MR) is 101 cm³/mol. The van der Waals surface area contributed by atoms with Crippen LogP contribution in [0.4, 0.5) is 0 Å². The number of piperidine rings is 1. The number of aryl methyl sites for hydroxylation is 1. The van der Waals surface area contributed by atoms with Gasteiger partial charge in [0, 0.05) is 49.2 Å². The van der Waals surface area contributed by atoms with Crippen LogP contribution in [-0.4, -0.2) is 33.4 Å². The number of rotatable bonds is 7. The van der Waals surface area contributed by atoms with E-state index in [4.69, 9.17) is 0 Å². The summed E-state index contributed by atoms with van der Waals surface area (Å²) in [6.45, 7) is 2.87. The molecule has 0 unspecified atom stereocenters. The molecule has 134 valence electrons. The maximum absolute atomic E-state index is 12.6. The molecular weight excluding hydrogens is 330 g/mol. The highest BCUT2D eigenvalue weighted by atomic mass is 32.1. The first-order chi connectivity index (χ1) is 12.3. The average Bonchev–Trinajstić information content (AvgIpc) is 3.10. The monoisotopic (exact) mass is 357 g/mol. The normalized spacial score (nSPS) is 20.8. The molecule has 1 aliphatic heterocycles. The Morgan fingerprint density at radius 1 is 1.32 bits per heavy atom. The number of aromatic nitrogens is 2. The van der Waals surface area contributed by atoms with Gasteiger partial charge in [-0.2, -0.15) is 0 Å². The Hall–Kier alpha value is -1.62. The van der Waals surface area contributed by atoms with E-state index in [1.54, 1.807) is 11.3 Å². The molecule has 3 heterocycles. The van der Waals surface area contributed by atoms with E-state index in [0.717, 1.165) is 51.2 Å². The molecule has 1 aliphatic carbocycles. The smallest absolute Gasteiger partial charge is 0.222 e. The lowest BCUT2D eigenvalue weighted by atomic mass is 9.96. The maximum Gasteiger partial charge on any atom is 0.222 e. The number of carbonyl (C=O) groups is 1. The quantitative estimate of drug-likeness (QED) is 0.749. The third kappa shape index (κ3) is 4.32. The second kappa shape index (κ2) is 7.73. The fourth-order valence-corrected chi connectivity index (χ4v) is 4.61. The van der Waals surface area contributed by atoms with Crippen LogP contribution in [0.2, 0.25) is 0 Å². The van der Waals surface area contributed by atoms with Crippen molar-refractivity contribution in [2.75, 3.05) is 13.1 Å². The van der Waals surface area contributed by atoms with Crippen molar-refractivity contribution in [2.45, 2.75) is 57.4 Å². The standard InChI is InChI=1S/C20H27N3OS/c24-19(7-1-5-18-6-3-13-25-18)22-11-2-4-17(15-22)20-21-10-12-23(20)14-16-8-9-16/h3,6,10,12-13,16-17H,1-2,4-5,7-9,11,14-15H2/t17-/m0/s1. The van der Waals surface area contributed by atoms with Crippen molar-refractivity contribution in [3.63, 3.8) is 0 Å². The van der Waals surface area contributed by atoms with Crippen LogP contribution >= 0.6 is 11.3 Å². The highest BCUT2D eigenvalue weighted by Crippen LogP contribution is 2.33. The zero-order valence-electron chi connectivity index (χ0n) is 14.8. The van der Waals surface area contributed by atoms with Crippen molar-refractivity contribution >= 4 is 17.2 Å². The molecule has 0 N–H and O–H groups in total. The molecule has 1 atom stereocenters. The minimum Gasteiger partial charge on any atom is -0.342 e. The summed E-state index contributed by atoms with van der Waals surface area (Å²) < 4.78 is 2.34. The fourth-order valence-electron chi connectivity index (χ4n) is 3.85. The molecule has 2 aromatic rings. The third-order valence-corrected chi connectivity index (χ3v) is 6.37. The lowest BCUT2D eigenvalue weighted by molar-refractivity contribution is -0.132. The highest BCUT2D eigenvalue weighted by Gasteiger charge is 2.29.